The summed E-state index contributed by atoms with van der Waals surface area (Å²) in [6, 6.07) is 14.3. The molecule has 0 aromatic heterocycles. The van der Waals surface area contributed by atoms with Crippen LogP contribution in [0.4, 0.5) is 0 Å². The van der Waals surface area contributed by atoms with Gasteiger partial charge in [0.1, 0.15) is 0 Å². The average molecular weight is 248 g/mol. The Kier molecular flexibility index (Phi) is 2.81. The second-order valence-electron chi connectivity index (χ2n) is 4.58. The summed E-state index contributed by atoms with van der Waals surface area (Å²) in [7, 11) is 0. The van der Waals surface area contributed by atoms with Gasteiger partial charge in [0.2, 0.25) is 0 Å². The van der Waals surface area contributed by atoms with Crippen molar-refractivity contribution in [2.24, 2.45) is 0 Å². The second-order valence-corrected chi connectivity index (χ2v) is 4.58. The molecule has 1 aliphatic carbocycles. The van der Waals surface area contributed by atoms with Gasteiger partial charge in [0.25, 0.3) is 0 Å². The average Bonchev–Trinajstić information content (AvgIpc) is 2.44. The normalized spacial score (nSPS) is 11.8. The van der Waals surface area contributed by atoms with Crippen molar-refractivity contribution < 1.29 is 9.90 Å². The van der Waals surface area contributed by atoms with E-state index in [1.165, 1.54) is 22.3 Å². The molecule has 2 aromatic rings. The van der Waals surface area contributed by atoms with E-state index in [1.807, 2.05) is 24.3 Å². The molecule has 0 saturated heterocycles. The zero-order valence-corrected chi connectivity index (χ0v) is 10.3. The molecular formula is C17H12O2. The molecule has 3 rings (SSSR count). The quantitative estimate of drug-likeness (QED) is 0.728. The number of hydrogen-bond acceptors (Lipinski definition) is 1. The highest BCUT2D eigenvalue weighted by Crippen LogP contribution is 2.33. The van der Waals surface area contributed by atoms with Crippen LogP contribution in [0.2, 0.25) is 0 Å². The van der Waals surface area contributed by atoms with E-state index in [-0.39, 0.29) is 0 Å². The molecule has 0 aliphatic heterocycles. The van der Waals surface area contributed by atoms with Crippen LogP contribution >= 0.6 is 0 Å². The maximum absolute atomic E-state index is 10.5. The fourth-order valence-electron chi connectivity index (χ4n) is 2.54. The van der Waals surface area contributed by atoms with Crippen LogP contribution in [0, 0.1) is 11.8 Å². The molecule has 1 N–H and O–H groups in total. The standard InChI is InChI=1S/C17H12O2/c18-17(19)10-6-12-5-9-16-14(11-12)8-7-13-3-1-2-4-15(13)16/h1-5,9,11H,7-8H2,(H,18,19). The third kappa shape index (κ3) is 2.23. The number of hydrogen-bond donors (Lipinski definition) is 1. The minimum Gasteiger partial charge on any atom is -0.472 e. The summed E-state index contributed by atoms with van der Waals surface area (Å²) >= 11 is 0. The molecule has 0 atom stereocenters. The van der Waals surface area contributed by atoms with Crippen molar-refractivity contribution in [3.8, 4) is 23.0 Å². The number of rotatable bonds is 0. The van der Waals surface area contributed by atoms with Crippen LogP contribution < -0.4 is 0 Å². The lowest BCUT2D eigenvalue weighted by atomic mass is 9.85. The molecule has 2 nitrogen and oxygen atoms in total. The zero-order chi connectivity index (χ0) is 13.2. The number of carboxylic acid groups (broad SMARTS) is 1. The molecule has 92 valence electrons. The smallest absolute Gasteiger partial charge is 0.382 e. The summed E-state index contributed by atoms with van der Waals surface area (Å²) in [5, 5.41) is 8.57. The van der Waals surface area contributed by atoms with E-state index in [4.69, 9.17) is 5.11 Å². The lowest BCUT2D eigenvalue weighted by Crippen LogP contribution is -2.03. The molecule has 0 unspecified atom stereocenters. The van der Waals surface area contributed by atoms with Gasteiger partial charge in [-0.15, -0.1) is 0 Å². The Morgan fingerprint density at radius 2 is 1.74 bits per heavy atom. The Morgan fingerprint density at radius 3 is 2.58 bits per heavy atom. The largest absolute Gasteiger partial charge is 0.472 e. The Labute approximate surface area is 111 Å². The van der Waals surface area contributed by atoms with Gasteiger partial charge in [-0.25, -0.2) is 4.79 Å². The first kappa shape index (κ1) is 11.6. The molecule has 0 spiro atoms. The van der Waals surface area contributed by atoms with E-state index in [0.29, 0.717) is 0 Å². The second kappa shape index (κ2) is 4.62. The van der Waals surface area contributed by atoms with Gasteiger partial charge in [-0.3, -0.25) is 0 Å². The first-order chi connectivity index (χ1) is 9.24. The van der Waals surface area contributed by atoms with E-state index in [1.54, 1.807) is 0 Å². The molecule has 0 saturated carbocycles. The SMILES string of the molecule is O=C(O)C#Cc1ccc2c(c1)CCc1ccccc1-2. The molecule has 19 heavy (non-hydrogen) atoms. The van der Waals surface area contributed by atoms with E-state index in [0.717, 1.165) is 18.4 Å². The first-order valence-corrected chi connectivity index (χ1v) is 6.20. The lowest BCUT2D eigenvalue weighted by molar-refractivity contribution is -0.130. The summed E-state index contributed by atoms with van der Waals surface area (Å²) < 4.78 is 0. The van der Waals surface area contributed by atoms with Crippen LogP contribution in [-0.4, -0.2) is 11.1 Å². The highest BCUT2D eigenvalue weighted by Gasteiger charge is 2.15. The van der Waals surface area contributed by atoms with Crippen molar-refractivity contribution in [3.05, 3.63) is 59.2 Å². The minimum absolute atomic E-state index is 0.764. The van der Waals surface area contributed by atoms with Crippen LogP contribution in [-0.2, 0) is 17.6 Å². The van der Waals surface area contributed by atoms with Gasteiger partial charge in [0.15, 0.2) is 0 Å². The monoisotopic (exact) mass is 248 g/mol. The number of benzene rings is 2. The molecule has 2 aromatic carbocycles. The number of carbonyl (C=O) groups is 1. The zero-order valence-electron chi connectivity index (χ0n) is 10.3. The highest BCUT2D eigenvalue weighted by molar-refractivity contribution is 5.87. The van der Waals surface area contributed by atoms with Gasteiger partial charge in [0.05, 0.1) is 0 Å². The van der Waals surface area contributed by atoms with Gasteiger partial charge in [-0.2, -0.15) is 0 Å². The summed E-state index contributed by atoms with van der Waals surface area (Å²) in [4.78, 5) is 10.5. The number of fused-ring (bicyclic) bond motifs is 3. The minimum atomic E-state index is -1.09. The molecular weight excluding hydrogens is 236 g/mol. The van der Waals surface area contributed by atoms with E-state index >= 15 is 0 Å². The third-order valence-corrected chi connectivity index (χ3v) is 3.39. The molecule has 0 amide bonds. The van der Waals surface area contributed by atoms with E-state index in [9.17, 15) is 4.79 Å². The summed E-state index contributed by atoms with van der Waals surface area (Å²) in [6.45, 7) is 0. The van der Waals surface area contributed by atoms with Gasteiger partial charge in [-0.05, 0) is 47.2 Å². The molecule has 0 fully saturated rings. The van der Waals surface area contributed by atoms with Crippen LogP contribution in [0.15, 0.2) is 42.5 Å². The number of aliphatic carboxylic acids is 1. The number of carboxylic acids is 1. The molecule has 0 bridgehead atoms. The Morgan fingerprint density at radius 1 is 1.00 bits per heavy atom. The van der Waals surface area contributed by atoms with E-state index < -0.39 is 5.97 Å². The third-order valence-electron chi connectivity index (χ3n) is 3.39. The van der Waals surface area contributed by atoms with Crippen molar-refractivity contribution in [1.82, 2.24) is 0 Å². The predicted octanol–water partition coefficient (Wildman–Crippen LogP) is 2.89. The first-order valence-electron chi connectivity index (χ1n) is 6.20. The fourth-order valence-corrected chi connectivity index (χ4v) is 2.54. The van der Waals surface area contributed by atoms with Gasteiger partial charge < -0.3 is 5.11 Å². The summed E-state index contributed by atoms with van der Waals surface area (Å²) in [5.74, 6) is 3.73. The fraction of sp³-hybridized carbons (Fsp3) is 0.118. The molecule has 0 radical (unpaired) electrons. The van der Waals surface area contributed by atoms with Gasteiger partial charge >= 0.3 is 5.97 Å². The van der Waals surface area contributed by atoms with E-state index in [2.05, 4.69) is 30.0 Å². The number of aryl methyl sites for hydroxylation is 2. The molecule has 2 heteroatoms. The molecule has 0 heterocycles. The summed E-state index contributed by atoms with van der Waals surface area (Å²) in [5.41, 5.74) is 5.90. The van der Waals surface area contributed by atoms with Crippen LogP contribution in [0.25, 0.3) is 11.1 Å². The molecule has 1 aliphatic rings. The maximum Gasteiger partial charge on any atom is 0.382 e. The van der Waals surface area contributed by atoms with Crippen molar-refractivity contribution >= 4 is 5.97 Å². The Hall–Kier alpha value is -2.53. The lowest BCUT2D eigenvalue weighted by Gasteiger charge is -2.19. The van der Waals surface area contributed by atoms with Crippen molar-refractivity contribution in [1.29, 1.82) is 0 Å². The van der Waals surface area contributed by atoms with Crippen molar-refractivity contribution in [2.45, 2.75) is 12.8 Å². The van der Waals surface area contributed by atoms with Crippen LogP contribution in [0.1, 0.15) is 16.7 Å². The Balaban J connectivity index is 2.06. The van der Waals surface area contributed by atoms with Crippen LogP contribution in [0.3, 0.4) is 0 Å². The van der Waals surface area contributed by atoms with Crippen molar-refractivity contribution in [3.63, 3.8) is 0 Å². The maximum atomic E-state index is 10.5. The topological polar surface area (TPSA) is 37.3 Å². The Bertz CT molecular complexity index is 718. The van der Waals surface area contributed by atoms with Crippen LogP contribution in [0.5, 0.6) is 0 Å². The van der Waals surface area contributed by atoms with Gasteiger partial charge in [0, 0.05) is 11.5 Å². The summed E-state index contributed by atoms with van der Waals surface area (Å²) in [6.07, 6.45) is 2.01. The van der Waals surface area contributed by atoms with Gasteiger partial charge in [-0.1, -0.05) is 36.3 Å². The highest BCUT2D eigenvalue weighted by atomic mass is 16.4. The van der Waals surface area contributed by atoms with Crippen molar-refractivity contribution in [2.75, 3.05) is 0 Å². The predicted molar refractivity (Wildman–Crippen MR) is 73.8 cm³/mol.